The average Bonchev–Trinajstić information content (AvgIpc) is 3.42. The van der Waals surface area contributed by atoms with Crippen LogP contribution in [0.25, 0.3) is 11.0 Å². The van der Waals surface area contributed by atoms with Crippen LogP contribution in [0.2, 0.25) is 0 Å². The van der Waals surface area contributed by atoms with Gasteiger partial charge < -0.3 is 20.0 Å². The molecule has 38 heavy (non-hydrogen) atoms. The molecule has 2 fully saturated rings. The molecule has 3 aromatic rings. The zero-order valence-electron chi connectivity index (χ0n) is 21.5. The molecule has 5 rings (SSSR count). The van der Waals surface area contributed by atoms with E-state index in [2.05, 4.69) is 20.4 Å². The van der Waals surface area contributed by atoms with Gasteiger partial charge in [-0.3, -0.25) is 14.5 Å². The van der Waals surface area contributed by atoms with Crippen molar-refractivity contribution in [3.63, 3.8) is 0 Å². The molecule has 0 saturated carbocycles. The van der Waals surface area contributed by atoms with E-state index in [1.54, 1.807) is 6.07 Å². The standard InChI is InChI=1S/C29H34F2N4O3/c30-21-5-6-23-26(36)18-28(38-27(23)17-21)29(37)33-22-8-14-35(15-9-22)19-20-4-7-25(24(31)16-20)32-10-3-13-34-11-1-2-12-34/h4-7,16-18,22,32H,1-3,8-15,19H2,(H,33,37). The fourth-order valence-electron chi connectivity index (χ4n) is 5.32. The summed E-state index contributed by atoms with van der Waals surface area (Å²) in [6, 6.07) is 10.1. The largest absolute Gasteiger partial charge is 0.451 e. The fraction of sp³-hybridized carbons (Fsp3) is 0.448. The summed E-state index contributed by atoms with van der Waals surface area (Å²) in [7, 11) is 0. The molecule has 202 valence electrons. The van der Waals surface area contributed by atoms with E-state index in [9.17, 15) is 18.4 Å². The Morgan fingerprint density at radius 2 is 1.76 bits per heavy atom. The molecule has 2 aliphatic rings. The number of nitrogens with one attached hydrogen (secondary N) is 2. The molecule has 2 aromatic carbocycles. The van der Waals surface area contributed by atoms with Gasteiger partial charge in [-0.15, -0.1) is 0 Å². The van der Waals surface area contributed by atoms with Gasteiger partial charge in [-0.05, 0) is 81.6 Å². The third kappa shape index (κ3) is 6.57. The summed E-state index contributed by atoms with van der Waals surface area (Å²) in [4.78, 5) is 29.7. The Morgan fingerprint density at radius 3 is 2.53 bits per heavy atom. The highest BCUT2D eigenvalue weighted by Gasteiger charge is 2.23. The van der Waals surface area contributed by atoms with E-state index >= 15 is 0 Å². The molecule has 0 atom stereocenters. The number of rotatable bonds is 9. The van der Waals surface area contributed by atoms with Crippen molar-refractivity contribution in [1.82, 2.24) is 15.1 Å². The van der Waals surface area contributed by atoms with E-state index in [1.165, 1.54) is 38.1 Å². The van der Waals surface area contributed by atoms with E-state index < -0.39 is 11.7 Å². The number of benzene rings is 2. The first-order chi connectivity index (χ1) is 18.4. The summed E-state index contributed by atoms with van der Waals surface area (Å²) in [6.07, 6.45) is 5.00. The summed E-state index contributed by atoms with van der Waals surface area (Å²) in [5, 5.41) is 6.37. The molecule has 1 aromatic heterocycles. The van der Waals surface area contributed by atoms with Crippen molar-refractivity contribution < 1.29 is 18.0 Å². The summed E-state index contributed by atoms with van der Waals surface area (Å²) >= 11 is 0. The van der Waals surface area contributed by atoms with Crippen LogP contribution in [0.1, 0.15) is 48.2 Å². The van der Waals surface area contributed by atoms with E-state index in [0.717, 1.165) is 63.1 Å². The SMILES string of the molecule is O=C(NC1CCN(Cc2ccc(NCCCN3CCCC3)c(F)c2)CC1)c1cc(=O)c2ccc(F)cc2o1. The van der Waals surface area contributed by atoms with E-state index in [0.29, 0.717) is 12.2 Å². The first kappa shape index (κ1) is 26.3. The summed E-state index contributed by atoms with van der Waals surface area (Å²) in [5.74, 6) is -1.39. The lowest BCUT2D eigenvalue weighted by atomic mass is 10.0. The lowest BCUT2D eigenvalue weighted by Crippen LogP contribution is -2.44. The molecule has 0 spiro atoms. The number of piperidine rings is 1. The number of fused-ring (bicyclic) bond motifs is 1. The molecule has 0 unspecified atom stereocenters. The van der Waals surface area contributed by atoms with Crippen molar-refractivity contribution in [2.75, 3.05) is 44.6 Å². The number of carbonyl (C=O) groups excluding carboxylic acids is 1. The van der Waals surface area contributed by atoms with Crippen LogP contribution in [-0.4, -0.2) is 61.0 Å². The van der Waals surface area contributed by atoms with Gasteiger partial charge in [0, 0.05) is 44.4 Å². The summed E-state index contributed by atoms with van der Waals surface area (Å²) in [6.45, 7) is 6.30. The van der Waals surface area contributed by atoms with Crippen molar-refractivity contribution in [1.29, 1.82) is 0 Å². The fourth-order valence-corrected chi connectivity index (χ4v) is 5.32. The van der Waals surface area contributed by atoms with Crippen LogP contribution >= 0.6 is 0 Å². The Hall–Kier alpha value is -3.30. The van der Waals surface area contributed by atoms with Crippen molar-refractivity contribution in [3.05, 3.63) is 75.6 Å². The van der Waals surface area contributed by atoms with Gasteiger partial charge in [0.1, 0.15) is 17.2 Å². The topological polar surface area (TPSA) is 77.8 Å². The third-order valence-electron chi connectivity index (χ3n) is 7.44. The normalized spacial score (nSPS) is 17.2. The van der Waals surface area contributed by atoms with Gasteiger partial charge in [0.25, 0.3) is 5.91 Å². The van der Waals surface area contributed by atoms with Crippen LogP contribution in [0.4, 0.5) is 14.5 Å². The van der Waals surface area contributed by atoms with Gasteiger partial charge >= 0.3 is 0 Å². The molecule has 0 bridgehead atoms. The first-order valence-electron chi connectivity index (χ1n) is 13.5. The van der Waals surface area contributed by atoms with Gasteiger partial charge in [-0.2, -0.15) is 0 Å². The number of nitrogens with zero attached hydrogens (tertiary/aromatic N) is 2. The molecule has 3 heterocycles. The van der Waals surface area contributed by atoms with Crippen LogP contribution < -0.4 is 16.1 Å². The van der Waals surface area contributed by atoms with Gasteiger partial charge in [-0.25, -0.2) is 8.78 Å². The zero-order valence-corrected chi connectivity index (χ0v) is 21.5. The Bertz CT molecular complexity index is 1330. The second-order valence-corrected chi connectivity index (χ2v) is 10.3. The van der Waals surface area contributed by atoms with E-state index in [1.807, 2.05) is 12.1 Å². The number of halogens is 2. The Morgan fingerprint density at radius 1 is 0.974 bits per heavy atom. The second kappa shape index (κ2) is 12.0. The monoisotopic (exact) mass is 524 g/mol. The third-order valence-corrected chi connectivity index (χ3v) is 7.44. The molecule has 7 nitrogen and oxygen atoms in total. The lowest BCUT2D eigenvalue weighted by molar-refractivity contribution is 0.0881. The highest BCUT2D eigenvalue weighted by atomic mass is 19.1. The Kier molecular flexibility index (Phi) is 8.34. The van der Waals surface area contributed by atoms with Gasteiger partial charge in [0.15, 0.2) is 11.2 Å². The Labute approximate surface area is 220 Å². The molecule has 0 aliphatic carbocycles. The molecule has 9 heteroatoms. The lowest BCUT2D eigenvalue weighted by Gasteiger charge is -2.32. The number of anilines is 1. The minimum absolute atomic E-state index is 0.0491. The maximum absolute atomic E-state index is 14.7. The van der Waals surface area contributed by atoms with Gasteiger partial charge in [-0.1, -0.05) is 6.07 Å². The van der Waals surface area contributed by atoms with Crippen LogP contribution in [0, 0.1) is 11.6 Å². The summed E-state index contributed by atoms with van der Waals surface area (Å²) in [5.41, 5.74) is 1.12. The summed E-state index contributed by atoms with van der Waals surface area (Å²) < 4.78 is 33.7. The highest BCUT2D eigenvalue weighted by molar-refractivity contribution is 5.93. The smallest absolute Gasteiger partial charge is 0.287 e. The average molecular weight is 525 g/mol. The van der Waals surface area contributed by atoms with E-state index in [-0.39, 0.29) is 34.0 Å². The molecule has 2 N–H and O–H groups in total. The molecule has 2 aliphatic heterocycles. The number of likely N-dealkylation sites (tertiary alicyclic amines) is 2. The maximum Gasteiger partial charge on any atom is 0.287 e. The number of hydrogen-bond donors (Lipinski definition) is 2. The molecular formula is C29H34F2N4O3. The van der Waals surface area contributed by atoms with Crippen molar-refractivity contribution in [2.24, 2.45) is 0 Å². The number of carbonyl (C=O) groups is 1. The molecule has 2 saturated heterocycles. The quantitative estimate of drug-likeness (QED) is 0.405. The number of hydrogen-bond acceptors (Lipinski definition) is 6. The van der Waals surface area contributed by atoms with Crippen LogP contribution in [-0.2, 0) is 6.54 Å². The van der Waals surface area contributed by atoms with E-state index in [4.69, 9.17) is 4.42 Å². The minimum atomic E-state index is -0.538. The predicted molar refractivity (Wildman–Crippen MR) is 143 cm³/mol. The minimum Gasteiger partial charge on any atom is -0.451 e. The predicted octanol–water partition coefficient (Wildman–Crippen LogP) is 4.36. The van der Waals surface area contributed by atoms with Crippen LogP contribution in [0.15, 0.2) is 51.7 Å². The Balaban J connectivity index is 1.08. The van der Waals surface area contributed by atoms with Crippen LogP contribution in [0.5, 0.6) is 0 Å². The second-order valence-electron chi connectivity index (χ2n) is 10.3. The first-order valence-corrected chi connectivity index (χ1v) is 13.5. The number of amides is 1. The molecule has 0 radical (unpaired) electrons. The van der Waals surface area contributed by atoms with Crippen molar-refractivity contribution >= 4 is 22.6 Å². The molecular weight excluding hydrogens is 490 g/mol. The highest BCUT2D eigenvalue weighted by Crippen LogP contribution is 2.20. The van der Waals surface area contributed by atoms with Crippen molar-refractivity contribution in [2.45, 2.75) is 44.7 Å². The van der Waals surface area contributed by atoms with Crippen molar-refractivity contribution in [3.8, 4) is 0 Å². The zero-order chi connectivity index (χ0) is 26.5. The molecule has 1 amide bonds. The van der Waals surface area contributed by atoms with Gasteiger partial charge in [0.2, 0.25) is 0 Å². The van der Waals surface area contributed by atoms with Gasteiger partial charge in [0.05, 0.1) is 11.1 Å². The van der Waals surface area contributed by atoms with Crippen LogP contribution in [0.3, 0.4) is 0 Å². The maximum atomic E-state index is 14.7.